The summed E-state index contributed by atoms with van der Waals surface area (Å²) in [5, 5.41) is 28.0. The van der Waals surface area contributed by atoms with Crippen LogP contribution in [0.2, 0.25) is 0 Å². The van der Waals surface area contributed by atoms with Gasteiger partial charge in [-0.1, -0.05) is 67.0 Å². The molecule has 1 fully saturated rings. The van der Waals surface area contributed by atoms with E-state index in [1.807, 2.05) is 27.7 Å². The molecule has 0 radical (unpaired) electrons. The van der Waals surface area contributed by atoms with E-state index in [4.69, 9.17) is 25.9 Å². The van der Waals surface area contributed by atoms with Gasteiger partial charge >= 0.3 is 0 Å². The summed E-state index contributed by atoms with van der Waals surface area (Å²) in [4.78, 5) is 39.2. The van der Waals surface area contributed by atoms with Crippen LogP contribution in [0.3, 0.4) is 0 Å². The molecule has 0 aliphatic carbocycles. The van der Waals surface area contributed by atoms with Crippen molar-refractivity contribution < 1.29 is 24.9 Å². The molecular weight excluding hydrogens is 729 g/mol. The van der Waals surface area contributed by atoms with E-state index >= 15 is 0 Å². The molecule has 11 heteroatoms. The van der Waals surface area contributed by atoms with Gasteiger partial charge < -0.3 is 26.0 Å². The Hall–Kier alpha value is -3.22. The van der Waals surface area contributed by atoms with Crippen molar-refractivity contribution in [3.05, 3.63) is 41.5 Å². The number of anilines is 1. The lowest BCUT2D eigenvalue weighted by Crippen LogP contribution is -2.56. The summed E-state index contributed by atoms with van der Waals surface area (Å²) in [5.41, 5.74) is 10.9. The number of fused-ring (bicyclic) bond motifs is 1. The van der Waals surface area contributed by atoms with Crippen LogP contribution >= 0.6 is 0 Å². The minimum absolute atomic E-state index is 0.0694. The number of benzene rings is 1. The molecule has 1 aromatic carbocycles. The van der Waals surface area contributed by atoms with Gasteiger partial charge in [0.2, 0.25) is 0 Å². The lowest BCUT2D eigenvalue weighted by atomic mass is 9.72. The Morgan fingerprint density at radius 3 is 1.95 bits per heavy atom. The Morgan fingerprint density at radius 2 is 1.47 bits per heavy atom. The Balaban J connectivity index is 0.000000384. The SMILES string of the molecule is CC(C)C(C)(C)CC(C)(C)N1C(=O)C=CC1=O.CCC(C)(CO)CO.CCCCC(C)=Nc1c(N)nc2cc(CCCN3CCN(C(C)(C)CO)CC3)ccc2c1C. The number of piperazine rings is 1. The molecule has 2 aromatic rings. The van der Waals surface area contributed by atoms with Crippen molar-refractivity contribution >= 4 is 39.9 Å². The molecule has 0 atom stereocenters. The molecule has 0 unspecified atom stereocenters. The number of aliphatic hydroxyl groups is 3. The molecule has 0 spiro atoms. The minimum atomic E-state index is -0.439. The summed E-state index contributed by atoms with van der Waals surface area (Å²) in [5.74, 6) is 0.637. The summed E-state index contributed by atoms with van der Waals surface area (Å²) in [6, 6.07) is 6.60. The topological polar surface area (TPSA) is 156 Å². The van der Waals surface area contributed by atoms with Gasteiger partial charge in [-0.3, -0.25) is 24.4 Å². The van der Waals surface area contributed by atoms with Crippen LogP contribution in [0.5, 0.6) is 0 Å². The number of pyridine rings is 1. The average molecular weight is 809 g/mol. The molecule has 4 rings (SSSR count). The fourth-order valence-electron chi connectivity index (χ4n) is 7.32. The number of imide groups is 1. The van der Waals surface area contributed by atoms with Crippen LogP contribution in [0.4, 0.5) is 11.5 Å². The Kier molecular flexibility index (Phi) is 19.7. The fraction of sp³-hybridized carbons (Fsp3) is 0.702. The zero-order valence-electron chi connectivity index (χ0n) is 38.5. The molecule has 3 heterocycles. The van der Waals surface area contributed by atoms with Crippen molar-refractivity contribution in [1.82, 2.24) is 19.7 Å². The van der Waals surface area contributed by atoms with E-state index in [0.717, 1.165) is 106 Å². The number of aliphatic imine (C=N–C) groups is 1. The molecule has 0 bridgehead atoms. The number of carbonyl (C=O) groups excluding carboxylic acids is 2. The second-order valence-electron chi connectivity index (χ2n) is 19.1. The minimum Gasteiger partial charge on any atom is -0.396 e. The number of unbranched alkanes of at least 4 members (excludes halogenated alkanes) is 1. The Morgan fingerprint density at radius 1 is 0.879 bits per heavy atom. The zero-order valence-corrected chi connectivity index (χ0v) is 38.5. The molecule has 5 N–H and O–H groups in total. The van der Waals surface area contributed by atoms with Crippen molar-refractivity contribution in [2.75, 3.05) is 58.3 Å². The third kappa shape index (κ3) is 14.5. The van der Waals surface area contributed by atoms with Gasteiger partial charge in [-0.15, -0.1) is 0 Å². The second kappa shape index (κ2) is 22.4. The van der Waals surface area contributed by atoms with Gasteiger partial charge in [0.05, 0.1) is 25.3 Å². The van der Waals surface area contributed by atoms with E-state index in [1.165, 1.54) is 22.6 Å². The maximum absolute atomic E-state index is 11.7. The molecule has 2 aliphatic rings. The molecule has 11 nitrogen and oxygen atoms in total. The molecule has 0 saturated carbocycles. The highest BCUT2D eigenvalue weighted by Gasteiger charge is 2.41. The van der Waals surface area contributed by atoms with Gasteiger partial charge in [0.15, 0.2) is 0 Å². The number of nitrogens with zero attached hydrogens (tertiary/aromatic N) is 5. The van der Waals surface area contributed by atoms with Gasteiger partial charge in [0, 0.05) is 65.9 Å². The monoisotopic (exact) mass is 809 g/mol. The summed E-state index contributed by atoms with van der Waals surface area (Å²) >= 11 is 0. The fourth-order valence-corrected chi connectivity index (χ4v) is 7.32. The highest BCUT2D eigenvalue weighted by atomic mass is 16.3. The first-order chi connectivity index (χ1) is 27.0. The molecule has 2 aliphatic heterocycles. The number of rotatable bonds is 17. The van der Waals surface area contributed by atoms with Gasteiger partial charge in [0.1, 0.15) is 11.5 Å². The van der Waals surface area contributed by atoms with E-state index in [-0.39, 0.29) is 48.0 Å². The predicted octanol–water partition coefficient (Wildman–Crippen LogP) is 7.88. The average Bonchev–Trinajstić information content (AvgIpc) is 3.53. The number of aromatic nitrogens is 1. The highest BCUT2D eigenvalue weighted by molar-refractivity contribution is 6.13. The van der Waals surface area contributed by atoms with Crippen molar-refractivity contribution in [2.24, 2.45) is 21.7 Å². The molecule has 1 aromatic heterocycles. The van der Waals surface area contributed by atoms with Crippen molar-refractivity contribution in [3.63, 3.8) is 0 Å². The number of nitrogen functional groups attached to an aromatic ring is 1. The van der Waals surface area contributed by atoms with Crippen LogP contribution in [-0.4, -0.2) is 116 Å². The number of hydrogen-bond donors (Lipinski definition) is 4. The summed E-state index contributed by atoms with van der Waals surface area (Å²) in [6.07, 6.45) is 9.81. The first-order valence-corrected chi connectivity index (χ1v) is 21.6. The van der Waals surface area contributed by atoms with E-state index in [1.54, 1.807) is 0 Å². The van der Waals surface area contributed by atoms with Gasteiger partial charge in [-0.05, 0) is 115 Å². The normalized spacial score (nSPS) is 16.2. The van der Waals surface area contributed by atoms with Gasteiger partial charge in [-0.25, -0.2) is 4.98 Å². The van der Waals surface area contributed by atoms with Crippen LogP contribution in [0.1, 0.15) is 133 Å². The quantitative estimate of drug-likeness (QED) is 0.0923. The standard InChI is InChI=1S/C27H43N5O.C14H23NO2.C6H14O2/c1-6-7-9-20(2)29-25-21(3)23-12-11-22(18-24(23)30-26(25)28)10-8-13-31-14-16-32(17-15-31)27(4,5)19-33;1-10(2)13(3,4)9-14(5,6)15-11(16)7-8-12(15)17;1-3-6(2,4-7)5-8/h11-12,18,33H,6-10,13-17,19H2,1-5H3,(H2,28,30);7-8,10H,9H2,1-6H3;7-8H,3-5H2,1-2H3. The van der Waals surface area contributed by atoms with E-state index in [0.29, 0.717) is 11.7 Å². The molecule has 328 valence electrons. The van der Waals surface area contributed by atoms with Crippen molar-refractivity contribution in [3.8, 4) is 0 Å². The summed E-state index contributed by atoms with van der Waals surface area (Å²) in [6.45, 7) is 32.7. The molecule has 1 saturated heterocycles. The third-order valence-electron chi connectivity index (χ3n) is 12.5. The Labute approximate surface area is 351 Å². The van der Waals surface area contributed by atoms with Crippen molar-refractivity contribution in [1.29, 1.82) is 0 Å². The predicted molar refractivity (Wildman–Crippen MR) is 242 cm³/mol. The molecular formula is C47H80N6O5. The van der Waals surface area contributed by atoms with Crippen LogP contribution in [0, 0.1) is 23.7 Å². The number of amides is 2. The van der Waals surface area contributed by atoms with E-state index in [9.17, 15) is 14.7 Å². The van der Waals surface area contributed by atoms with Crippen LogP contribution < -0.4 is 5.73 Å². The number of aliphatic hydroxyl groups excluding tert-OH is 3. The molecule has 2 amide bonds. The van der Waals surface area contributed by atoms with E-state index in [2.05, 4.69) is 90.3 Å². The van der Waals surface area contributed by atoms with Crippen LogP contribution in [0.25, 0.3) is 10.9 Å². The number of carbonyl (C=O) groups is 2. The largest absolute Gasteiger partial charge is 0.396 e. The second-order valence-corrected chi connectivity index (χ2v) is 19.1. The lowest BCUT2D eigenvalue weighted by Gasteiger charge is -2.43. The summed E-state index contributed by atoms with van der Waals surface area (Å²) < 4.78 is 0. The number of aryl methyl sites for hydroxylation is 2. The third-order valence-corrected chi connectivity index (χ3v) is 12.5. The first kappa shape index (κ1) is 50.9. The van der Waals surface area contributed by atoms with Crippen molar-refractivity contribution in [2.45, 2.75) is 146 Å². The maximum Gasteiger partial charge on any atom is 0.254 e. The summed E-state index contributed by atoms with van der Waals surface area (Å²) in [7, 11) is 0. The first-order valence-electron chi connectivity index (χ1n) is 21.6. The smallest absolute Gasteiger partial charge is 0.254 e. The Bertz CT molecular complexity index is 1660. The number of hydrogen-bond acceptors (Lipinski definition) is 10. The van der Waals surface area contributed by atoms with Crippen LogP contribution in [-0.2, 0) is 16.0 Å². The van der Waals surface area contributed by atoms with Gasteiger partial charge in [-0.2, -0.15) is 0 Å². The highest BCUT2D eigenvalue weighted by Crippen LogP contribution is 2.38. The maximum atomic E-state index is 11.7. The van der Waals surface area contributed by atoms with Crippen LogP contribution in [0.15, 0.2) is 35.3 Å². The van der Waals surface area contributed by atoms with Gasteiger partial charge in [0.25, 0.3) is 11.8 Å². The van der Waals surface area contributed by atoms with E-state index < -0.39 is 5.54 Å². The zero-order chi connectivity index (χ0) is 44.1. The number of nitrogens with two attached hydrogens (primary N) is 1. The lowest BCUT2D eigenvalue weighted by molar-refractivity contribution is -0.144. The molecule has 58 heavy (non-hydrogen) atoms.